The number of rotatable bonds is 6. The molecule has 0 atom stereocenters. The zero-order valence-corrected chi connectivity index (χ0v) is 11.5. The van der Waals surface area contributed by atoms with Gasteiger partial charge >= 0.3 is 0 Å². The fraction of sp³-hybridized carbons (Fsp3) is 0.333. The molecule has 2 aromatic heterocycles. The van der Waals surface area contributed by atoms with Crippen LogP contribution in [0.1, 0.15) is 24.9 Å². The summed E-state index contributed by atoms with van der Waals surface area (Å²) in [5.41, 5.74) is 2.25. The molecule has 0 aliphatic carbocycles. The van der Waals surface area contributed by atoms with E-state index in [1.165, 1.54) is 5.52 Å². The van der Waals surface area contributed by atoms with E-state index in [1.54, 1.807) is 6.20 Å². The van der Waals surface area contributed by atoms with E-state index in [9.17, 15) is 0 Å². The molecule has 0 radical (unpaired) electrons. The molecule has 20 heavy (non-hydrogen) atoms. The van der Waals surface area contributed by atoms with Gasteiger partial charge in [0.15, 0.2) is 0 Å². The van der Waals surface area contributed by atoms with Crippen molar-refractivity contribution in [3.63, 3.8) is 0 Å². The van der Waals surface area contributed by atoms with Crippen molar-refractivity contribution in [3.8, 4) is 0 Å². The normalized spacial score (nSPS) is 11.2. The lowest BCUT2D eigenvalue weighted by atomic mass is 10.3. The molecule has 0 fully saturated rings. The summed E-state index contributed by atoms with van der Waals surface area (Å²) in [6.07, 6.45) is 2.75. The molecule has 0 aliphatic heterocycles. The molecule has 104 valence electrons. The maximum absolute atomic E-state index is 5.07. The highest BCUT2D eigenvalue weighted by Gasteiger charge is 2.09. The van der Waals surface area contributed by atoms with Crippen LogP contribution in [0.2, 0.25) is 0 Å². The van der Waals surface area contributed by atoms with E-state index in [2.05, 4.69) is 40.2 Å². The van der Waals surface area contributed by atoms with E-state index in [-0.39, 0.29) is 0 Å². The molecule has 3 rings (SSSR count). The molecule has 0 aliphatic rings. The van der Waals surface area contributed by atoms with Crippen LogP contribution < -0.4 is 5.32 Å². The summed E-state index contributed by atoms with van der Waals surface area (Å²) >= 11 is 0. The maximum atomic E-state index is 5.07. The number of nitrogens with zero attached hydrogens (tertiary/aromatic N) is 3. The van der Waals surface area contributed by atoms with E-state index in [4.69, 9.17) is 9.51 Å². The summed E-state index contributed by atoms with van der Waals surface area (Å²) in [7, 11) is 0. The zero-order chi connectivity index (χ0) is 13.8. The summed E-state index contributed by atoms with van der Waals surface area (Å²) in [5, 5.41) is 7.04. The highest BCUT2D eigenvalue weighted by molar-refractivity contribution is 5.75. The molecule has 3 aromatic rings. The summed E-state index contributed by atoms with van der Waals surface area (Å²) in [5.74, 6) is 1.90. The summed E-state index contributed by atoms with van der Waals surface area (Å²) < 4.78 is 7.35. The van der Waals surface area contributed by atoms with E-state index >= 15 is 0 Å². The van der Waals surface area contributed by atoms with Gasteiger partial charge < -0.3 is 14.4 Å². The SMILES string of the molecule is CCCn1c(CNCc2ccno2)nc2ccccc21. The average molecular weight is 270 g/mol. The van der Waals surface area contributed by atoms with Crippen LogP contribution >= 0.6 is 0 Å². The number of benzene rings is 1. The number of imidazole rings is 1. The molecule has 0 amide bonds. The average Bonchev–Trinajstić information content (AvgIpc) is 3.08. The molecule has 2 heterocycles. The molecule has 0 saturated carbocycles. The van der Waals surface area contributed by atoms with Crippen molar-refractivity contribution in [1.29, 1.82) is 0 Å². The molecule has 0 spiro atoms. The van der Waals surface area contributed by atoms with Crippen LogP contribution in [0, 0.1) is 0 Å². The third-order valence-corrected chi connectivity index (χ3v) is 3.25. The highest BCUT2D eigenvalue weighted by Crippen LogP contribution is 2.16. The van der Waals surface area contributed by atoms with Gasteiger partial charge in [0.05, 0.1) is 30.3 Å². The predicted molar refractivity (Wildman–Crippen MR) is 77.1 cm³/mol. The van der Waals surface area contributed by atoms with Gasteiger partial charge in [0.1, 0.15) is 11.6 Å². The van der Waals surface area contributed by atoms with Gasteiger partial charge in [-0.25, -0.2) is 4.98 Å². The van der Waals surface area contributed by atoms with Crippen LogP contribution in [-0.2, 0) is 19.6 Å². The monoisotopic (exact) mass is 270 g/mol. The van der Waals surface area contributed by atoms with Gasteiger partial charge in [-0.05, 0) is 18.6 Å². The lowest BCUT2D eigenvalue weighted by Crippen LogP contribution is -2.16. The fourth-order valence-electron chi connectivity index (χ4n) is 2.36. The first-order valence-corrected chi connectivity index (χ1v) is 6.93. The van der Waals surface area contributed by atoms with Crippen molar-refractivity contribution >= 4 is 11.0 Å². The number of nitrogens with one attached hydrogen (secondary N) is 1. The van der Waals surface area contributed by atoms with Crippen LogP contribution in [0.15, 0.2) is 41.1 Å². The second-order valence-electron chi connectivity index (χ2n) is 4.75. The number of fused-ring (bicyclic) bond motifs is 1. The molecular weight excluding hydrogens is 252 g/mol. The number of aryl methyl sites for hydroxylation is 1. The molecule has 0 bridgehead atoms. The number of hydrogen-bond donors (Lipinski definition) is 1. The Morgan fingerprint density at radius 1 is 1.20 bits per heavy atom. The fourth-order valence-corrected chi connectivity index (χ4v) is 2.36. The molecular formula is C15H18N4O. The Morgan fingerprint density at radius 3 is 2.90 bits per heavy atom. The minimum atomic E-state index is 0.662. The van der Waals surface area contributed by atoms with Crippen molar-refractivity contribution in [3.05, 3.63) is 48.1 Å². The number of para-hydroxylation sites is 2. The van der Waals surface area contributed by atoms with Crippen molar-refractivity contribution in [1.82, 2.24) is 20.0 Å². The van der Waals surface area contributed by atoms with E-state index in [0.29, 0.717) is 6.54 Å². The van der Waals surface area contributed by atoms with Crippen molar-refractivity contribution in [2.75, 3.05) is 0 Å². The summed E-state index contributed by atoms with van der Waals surface area (Å²) in [4.78, 5) is 4.70. The Hall–Kier alpha value is -2.14. The zero-order valence-electron chi connectivity index (χ0n) is 11.5. The van der Waals surface area contributed by atoms with Gasteiger partial charge in [-0.1, -0.05) is 24.2 Å². The van der Waals surface area contributed by atoms with Crippen molar-refractivity contribution in [2.24, 2.45) is 0 Å². The third kappa shape index (κ3) is 2.58. The Morgan fingerprint density at radius 2 is 2.10 bits per heavy atom. The van der Waals surface area contributed by atoms with E-state index in [1.807, 2.05) is 12.1 Å². The Labute approximate surface area is 117 Å². The van der Waals surface area contributed by atoms with Gasteiger partial charge in [0.25, 0.3) is 0 Å². The topological polar surface area (TPSA) is 55.9 Å². The van der Waals surface area contributed by atoms with Gasteiger partial charge in [-0.15, -0.1) is 0 Å². The lowest BCUT2D eigenvalue weighted by molar-refractivity contribution is 0.371. The molecule has 1 aromatic carbocycles. The quantitative estimate of drug-likeness (QED) is 0.748. The minimum Gasteiger partial charge on any atom is -0.360 e. The van der Waals surface area contributed by atoms with Crippen LogP contribution in [0.3, 0.4) is 0 Å². The number of aromatic nitrogens is 3. The van der Waals surface area contributed by atoms with Crippen LogP contribution in [0.25, 0.3) is 11.0 Å². The molecule has 5 heteroatoms. The maximum Gasteiger partial charge on any atom is 0.150 e. The molecule has 0 saturated heterocycles. The van der Waals surface area contributed by atoms with Gasteiger partial charge in [-0.3, -0.25) is 0 Å². The van der Waals surface area contributed by atoms with Crippen LogP contribution in [-0.4, -0.2) is 14.7 Å². The summed E-state index contributed by atoms with van der Waals surface area (Å²) in [6.45, 7) is 4.55. The van der Waals surface area contributed by atoms with Gasteiger partial charge in [-0.2, -0.15) is 0 Å². The highest BCUT2D eigenvalue weighted by atomic mass is 16.5. The van der Waals surface area contributed by atoms with E-state index in [0.717, 1.165) is 36.6 Å². The molecule has 1 N–H and O–H groups in total. The minimum absolute atomic E-state index is 0.662. The van der Waals surface area contributed by atoms with Gasteiger partial charge in [0, 0.05) is 12.6 Å². The Kier molecular flexibility index (Phi) is 3.78. The first-order chi connectivity index (χ1) is 9.88. The number of hydrogen-bond acceptors (Lipinski definition) is 4. The third-order valence-electron chi connectivity index (χ3n) is 3.25. The second kappa shape index (κ2) is 5.88. The second-order valence-corrected chi connectivity index (χ2v) is 4.75. The first-order valence-electron chi connectivity index (χ1n) is 6.93. The largest absolute Gasteiger partial charge is 0.360 e. The van der Waals surface area contributed by atoms with Crippen molar-refractivity contribution < 1.29 is 4.52 Å². The van der Waals surface area contributed by atoms with Crippen LogP contribution in [0.5, 0.6) is 0 Å². The Bertz CT molecular complexity index is 672. The molecule has 5 nitrogen and oxygen atoms in total. The van der Waals surface area contributed by atoms with E-state index < -0.39 is 0 Å². The predicted octanol–water partition coefficient (Wildman–Crippen LogP) is 2.72. The standard InChI is InChI=1S/C15H18N4O/c1-2-9-19-14-6-4-3-5-13(14)18-15(19)11-16-10-12-7-8-17-20-12/h3-8,16H,2,9-11H2,1H3. The lowest BCUT2D eigenvalue weighted by Gasteiger charge is -2.08. The summed E-state index contributed by atoms with van der Waals surface area (Å²) in [6, 6.07) is 10.1. The first kappa shape index (κ1) is 12.9. The van der Waals surface area contributed by atoms with Gasteiger partial charge in [0.2, 0.25) is 0 Å². The Balaban J connectivity index is 1.77. The molecule has 0 unspecified atom stereocenters. The van der Waals surface area contributed by atoms with Crippen LogP contribution in [0.4, 0.5) is 0 Å². The van der Waals surface area contributed by atoms with Crippen molar-refractivity contribution in [2.45, 2.75) is 33.0 Å². The smallest absolute Gasteiger partial charge is 0.150 e.